The summed E-state index contributed by atoms with van der Waals surface area (Å²) in [5, 5.41) is 12.6. The van der Waals surface area contributed by atoms with E-state index in [-0.39, 0.29) is 11.0 Å². The molecule has 0 radical (unpaired) electrons. The van der Waals surface area contributed by atoms with Gasteiger partial charge in [0.25, 0.3) is 5.56 Å². The number of nitrogens with zero attached hydrogens (tertiary/aromatic N) is 4. The molecule has 2 aromatic heterocycles. The normalized spacial score (nSPS) is 11.7. The van der Waals surface area contributed by atoms with Crippen molar-refractivity contribution >= 4 is 28.1 Å². The topological polar surface area (TPSA) is 78.6 Å². The highest BCUT2D eigenvalue weighted by molar-refractivity contribution is 8.01. The lowest BCUT2D eigenvalue weighted by Crippen LogP contribution is -2.30. The minimum Gasteiger partial charge on any atom is -0.497 e. The molecule has 0 saturated heterocycles. The van der Waals surface area contributed by atoms with Gasteiger partial charge in [-0.15, -0.1) is 15.3 Å². The average Bonchev–Trinajstić information content (AvgIpc) is 3.02. The van der Waals surface area contributed by atoms with E-state index >= 15 is 0 Å². The molecule has 0 amide bonds. The molecule has 0 saturated carbocycles. The Morgan fingerprint density at radius 2 is 1.85 bits per heavy atom. The van der Waals surface area contributed by atoms with E-state index in [9.17, 15) is 4.79 Å². The van der Waals surface area contributed by atoms with Crippen molar-refractivity contribution in [3.63, 3.8) is 0 Å². The molecule has 138 valence electrons. The Morgan fingerprint density at radius 1 is 1.15 bits per heavy atom. The van der Waals surface area contributed by atoms with Crippen molar-refractivity contribution in [2.24, 2.45) is 0 Å². The Bertz CT molecular complexity index is 945. The van der Waals surface area contributed by atoms with Crippen LogP contribution < -0.4 is 15.0 Å². The summed E-state index contributed by atoms with van der Waals surface area (Å²) >= 11 is 2.88. The van der Waals surface area contributed by atoms with Gasteiger partial charge in [0, 0.05) is 11.2 Å². The van der Waals surface area contributed by atoms with Crippen LogP contribution in [0.25, 0.3) is 4.96 Å². The predicted molar refractivity (Wildman–Crippen MR) is 103 cm³/mol. The van der Waals surface area contributed by atoms with Gasteiger partial charge in [-0.25, -0.2) is 0 Å². The lowest BCUT2D eigenvalue weighted by atomic mass is 9.93. The Kier molecular flexibility index (Phi) is 5.47. The van der Waals surface area contributed by atoms with Crippen LogP contribution in [0.3, 0.4) is 0 Å². The molecule has 0 unspecified atom stereocenters. The number of ether oxygens (including phenoxy) is 2. The zero-order valence-corrected chi connectivity index (χ0v) is 16.7. The van der Waals surface area contributed by atoms with E-state index in [2.05, 4.69) is 15.3 Å². The lowest BCUT2D eigenvalue weighted by molar-refractivity contribution is 0.342. The highest BCUT2D eigenvalue weighted by Gasteiger charge is 2.23. The molecule has 3 aromatic rings. The first-order chi connectivity index (χ1) is 12.4. The highest BCUT2D eigenvalue weighted by Crippen LogP contribution is 2.24. The minimum absolute atomic E-state index is 0.208. The van der Waals surface area contributed by atoms with Crippen LogP contribution in [-0.4, -0.2) is 39.3 Å². The third kappa shape index (κ3) is 4.16. The van der Waals surface area contributed by atoms with Crippen LogP contribution in [-0.2, 0) is 5.41 Å². The van der Waals surface area contributed by atoms with Crippen LogP contribution in [0.4, 0.5) is 0 Å². The fourth-order valence-corrected chi connectivity index (χ4v) is 3.95. The maximum Gasteiger partial charge on any atom is 0.297 e. The van der Waals surface area contributed by atoms with Gasteiger partial charge in [0.2, 0.25) is 4.96 Å². The van der Waals surface area contributed by atoms with Gasteiger partial charge >= 0.3 is 0 Å². The molecule has 0 aliphatic heterocycles. The summed E-state index contributed by atoms with van der Waals surface area (Å²) < 4.78 is 12.9. The summed E-state index contributed by atoms with van der Waals surface area (Å²) in [6.45, 7) is 6.33. The summed E-state index contributed by atoms with van der Waals surface area (Å²) in [7, 11) is 1.63. The van der Waals surface area contributed by atoms with Crippen LogP contribution in [0.15, 0.2) is 33.4 Å². The molecule has 9 heteroatoms. The van der Waals surface area contributed by atoms with E-state index in [1.54, 1.807) is 7.11 Å². The SMILES string of the molecule is COc1ccc(OCCSc2nn3c(=O)c(C(C)(C)C)nnc3s2)cc1. The van der Waals surface area contributed by atoms with Crippen molar-refractivity contribution in [1.82, 2.24) is 19.8 Å². The van der Waals surface area contributed by atoms with E-state index in [0.717, 1.165) is 15.8 Å². The third-order valence-electron chi connectivity index (χ3n) is 3.52. The zero-order valence-electron chi connectivity index (χ0n) is 15.1. The number of thioether (sulfide) groups is 1. The van der Waals surface area contributed by atoms with Crippen LogP contribution in [0.1, 0.15) is 26.5 Å². The smallest absolute Gasteiger partial charge is 0.297 e. The molecule has 0 aliphatic rings. The monoisotopic (exact) mass is 392 g/mol. The molecule has 26 heavy (non-hydrogen) atoms. The van der Waals surface area contributed by atoms with Gasteiger partial charge < -0.3 is 9.47 Å². The van der Waals surface area contributed by atoms with Gasteiger partial charge in [-0.1, -0.05) is 43.9 Å². The lowest BCUT2D eigenvalue weighted by Gasteiger charge is -2.14. The summed E-state index contributed by atoms with van der Waals surface area (Å²) in [5.41, 5.74) is -0.159. The number of methoxy groups -OCH3 is 1. The van der Waals surface area contributed by atoms with Crippen molar-refractivity contribution in [2.45, 2.75) is 30.5 Å². The minimum atomic E-state index is -0.367. The maximum atomic E-state index is 12.5. The Balaban J connectivity index is 1.62. The summed E-state index contributed by atoms with van der Waals surface area (Å²) in [4.78, 5) is 13.0. The van der Waals surface area contributed by atoms with Crippen molar-refractivity contribution in [2.75, 3.05) is 19.5 Å². The summed E-state index contributed by atoms with van der Waals surface area (Å²) in [6.07, 6.45) is 0. The van der Waals surface area contributed by atoms with Gasteiger partial charge in [-0.2, -0.15) is 4.52 Å². The third-order valence-corrected chi connectivity index (χ3v) is 5.52. The quantitative estimate of drug-likeness (QED) is 0.471. The second-order valence-electron chi connectivity index (χ2n) is 6.54. The number of aromatic nitrogens is 4. The van der Waals surface area contributed by atoms with E-state index in [0.29, 0.717) is 23.0 Å². The highest BCUT2D eigenvalue weighted by atomic mass is 32.2. The molecule has 2 heterocycles. The first kappa shape index (κ1) is 18.7. The van der Waals surface area contributed by atoms with Crippen molar-refractivity contribution in [3.8, 4) is 11.5 Å². The van der Waals surface area contributed by atoms with Crippen LogP contribution in [0.5, 0.6) is 11.5 Å². The van der Waals surface area contributed by atoms with Gasteiger partial charge in [0.15, 0.2) is 4.34 Å². The van der Waals surface area contributed by atoms with Crippen molar-refractivity contribution in [1.29, 1.82) is 0 Å². The second kappa shape index (κ2) is 7.63. The van der Waals surface area contributed by atoms with Crippen LogP contribution in [0.2, 0.25) is 0 Å². The summed E-state index contributed by atoms with van der Waals surface area (Å²) in [6, 6.07) is 7.44. The molecule has 1 aromatic carbocycles. The molecule has 0 fully saturated rings. The van der Waals surface area contributed by atoms with Gasteiger partial charge in [0.05, 0.1) is 13.7 Å². The zero-order chi connectivity index (χ0) is 18.7. The summed E-state index contributed by atoms with van der Waals surface area (Å²) in [5.74, 6) is 2.29. The van der Waals surface area contributed by atoms with E-state index in [4.69, 9.17) is 9.47 Å². The molecule has 0 bridgehead atoms. The fourth-order valence-electron chi connectivity index (χ4n) is 2.19. The van der Waals surface area contributed by atoms with E-state index < -0.39 is 0 Å². The van der Waals surface area contributed by atoms with Gasteiger partial charge in [-0.05, 0) is 24.3 Å². The maximum absolute atomic E-state index is 12.5. The molecule has 0 N–H and O–H groups in total. The second-order valence-corrected chi connectivity index (χ2v) is 8.84. The van der Waals surface area contributed by atoms with E-state index in [1.165, 1.54) is 27.6 Å². The van der Waals surface area contributed by atoms with E-state index in [1.807, 2.05) is 45.0 Å². The van der Waals surface area contributed by atoms with Crippen molar-refractivity contribution in [3.05, 3.63) is 40.3 Å². The van der Waals surface area contributed by atoms with Crippen LogP contribution >= 0.6 is 23.1 Å². The standard InChI is InChI=1S/C17H20N4O3S2/c1-17(2,3)13-14(22)21-15(19-18-13)26-16(20-21)25-10-9-24-12-7-5-11(23-4)6-8-12/h5-8H,9-10H2,1-4H3. The predicted octanol–water partition coefficient (Wildman–Crippen LogP) is 3.02. The number of hydrogen-bond donors (Lipinski definition) is 0. The number of benzene rings is 1. The molecular weight excluding hydrogens is 372 g/mol. The van der Waals surface area contributed by atoms with Crippen LogP contribution in [0, 0.1) is 0 Å². The van der Waals surface area contributed by atoms with Gasteiger partial charge in [-0.3, -0.25) is 4.79 Å². The fraction of sp³-hybridized carbons (Fsp3) is 0.412. The van der Waals surface area contributed by atoms with Crippen molar-refractivity contribution < 1.29 is 9.47 Å². The first-order valence-corrected chi connectivity index (χ1v) is 9.85. The number of fused-ring (bicyclic) bond motifs is 1. The number of hydrogen-bond acceptors (Lipinski definition) is 8. The largest absolute Gasteiger partial charge is 0.497 e. The molecular formula is C17H20N4O3S2. The molecule has 7 nitrogen and oxygen atoms in total. The van der Waals surface area contributed by atoms with Gasteiger partial charge in [0.1, 0.15) is 17.2 Å². The Hall–Kier alpha value is -2.13. The molecule has 0 atom stereocenters. The molecule has 3 rings (SSSR count). The molecule has 0 spiro atoms. The molecule has 0 aliphatic carbocycles. The first-order valence-electron chi connectivity index (χ1n) is 8.05. The Morgan fingerprint density at radius 3 is 2.50 bits per heavy atom. The Labute approximate surface area is 159 Å². The average molecular weight is 393 g/mol. The number of rotatable bonds is 6.